The minimum absolute atomic E-state index is 0.0498. The van der Waals surface area contributed by atoms with Crippen LogP contribution in [0.1, 0.15) is 29.0 Å². The van der Waals surface area contributed by atoms with E-state index in [1.54, 1.807) is 0 Å². The highest BCUT2D eigenvalue weighted by Crippen LogP contribution is 2.47. The van der Waals surface area contributed by atoms with Crippen LogP contribution in [0.25, 0.3) is 100 Å². The van der Waals surface area contributed by atoms with E-state index in [9.17, 15) is 0 Å². The van der Waals surface area contributed by atoms with Gasteiger partial charge >= 0.3 is 0 Å². The quantitative estimate of drug-likeness (QED) is 0.168. The number of rotatable bonds is 6. The second-order valence-electron chi connectivity index (χ2n) is 16.3. The molecule has 62 heavy (non-hydrogen) atoms. The number of para-hydroxylation sites is 1. The van der Waals surface area contributed by atoms with Gasteiger partial charge in [-0.3, -0.25) is 0 Å². The Labute approximate surface area is 359 Å². The average Bonchev–Trinajstić information content (AvgIpc) is 3.63. The van der Waals surface area contributed by atoms with Crippen molar-refractivity contribution >= 4 is 32.7 Å². The van der Waals surface area contributed by atoms with Crippen LogP contribution in [-0.4, -0.2) is 15.0 Å². The van der Waals surface area contributed by atoms with E-state index in [1.807, 2.05) is 24.3 Å². The van der Waals surface area contributed by atoms with E-state index in [0.29, 0.717) is 17.5 Å². The molecule has 2 aromatic heterocycles. The first-order chi connectivity index (χ1) is 30.7. The fourth-order valence-electron chi connectivity index (χ4n) is 9.48. The molecule has 0 radical (unpaired) electrons. The molecule has 12 rings (SSSR count). The zero-order chi connectivity index (χ0) is 41.0. The maximum Gasteiger partial charge on any atom is 0.164 e. The Morgan fingerprint density at radius 2 is 0.887 bits per heavy atom. The lowest BCUT2D eigenvalue weighted by Gasteiger charge is -2.22. The Bertz CT molecular complexity index is 3340. The van der Waals surface area contributed by atoms with Crippen LogP contribution in [0.2, 0.25) is 0 Å². The molecule has 1 aliphatic carbocycles. The van der Waals surface area contributed by atoms with Gasteiger partial charge in [0.05, 0.1) is 0 Å². The number of aromatic nitrogens is 3. The molecule has 1 aliphatic rings. The molecule has 0 saturated heterocycles. The Morgan fingerprint density at radius 3 is 1.56 bits per heavy atom. The summed E-state index contributed by atoms with van der Waals surface area (Å²) in [5, 5.41) is 4.71. The summed E-state index contributed by atoms with van der Waals surface area (Å²) < 4.78 is 6.61. The second-order valence-corrected chi connectivity index (χ2v) is 16.3. The topological polar surface area (TPSA) is 51.8 Å². The van der Waals surface area contributed by atoms with Crippen LogP contribution in [0, 0.1) is 0 Å². The smallest absolute Gasteiger partial charge is 0.164 e. The van der Waals surface area contributed by atoms with Crippen LogP contribution in [0.3, 0.4) is 0 Å². The number of benzene rings is 9. The molecule has 0 fully saturated rings. The highest BCUT2D eigenvalue weighted by Gasteiger charge is 2.29. The fourth-order valence-corrected chi connectivity index (χ4v) is 9.48. The van der Waals surface area contributed by atoms with Crippen molar-refractivity contribution in [1.82, 2.24) is 15.0 Å². The molecule has 4 heteroatoms. The van der Waals surface area contributed by atoms with Gasteiger partial charge in [0, 0.05) is 33.4 Å². The van der Waals surface area contributed by atoms with Crippen LogP contribution >= 0.6 is 0 Å². The molecule has 1 unspecified atom stereocenters. The standard InChI is InChI=1S/C58H39N3O/c1-3-13-37(14-4-1)39-23-27-41(28-24-39)56-59-57(42-29-25-40(26-30-42)38-15-5-2-6-16-38)61-58(60-56)53-36-55-52(49-21-11-12-22-54(49)62-55)35-51(53)48-32-31-45-33-43-17-7-8-18-44(43)34-50(45)47-20-10-9-19-46(47)48/h1-30,33-36,48H,31-32H2. The van der Waals surface area contributed by atoms with Crippen molar-refractivity contribution in [3.63, 3.8) is 0 Å². The van der Waals surface area contributed by atoms with Crippen LogP contribution in [0.5, 0.6) is 0 Å². The van der Waals surface area contributed by atoms with E-state index in [4.69, 9.17) is 19.4 Å². The normalized spacial score (nSPS) is 13.5. The fraction of sp³-hybridized carbons (Fsp3) is 0.0517. The summed E-state index contributed by atoms with van der Waals surface area (Å²) in [6.07, 6.45) is 1.85. The van der Waals surface area contributed by atoms with Crippen LogP contribution < -0.4 is 0 Å². The minimum atomic E-state index is 0.0498. The summed E-state index contributed by atoms with van der Waals surface area (Å²) in [4.78, 5) is 16.0. The van der Waals surface area contributed by atoms with Gasteiger partial charge in [-0.1, -0.05) is 182 Å². The first-order valence-corrected chi connectivity index (χ1v) is 21.3. The Balaban J connectivity index is 1.07. The van der Waals surface area contributed by atoms with E-state index >= 15 is 0 Å². The molecular weight excluding hydrogens is 755 g/mol. The predicted molar refractivity (Wildman–Crippen MR) is 254 cm³/mol. The molecule has 0 spiro atoms. The summed E-state index contributed by atoms with van der Waals surface area (Å²) >= 11 is 0. The molecule has 2 heterocycles. The maximum absolute atomic E-state index is 6.61. The van der Waals surface area contributed by atoms with E-state index in [1.165, 1.54) is 38.6 Å². The SMILES string of the molecule is c1ccc(-c2ccc(-c3nc(-c4ccc(-c5ccccc5)cc4)nc(-c4cc5oc6ccccc6c5cc4C4CCc5cc6ccccc6cc5-c5ccccc54)n3)cc2)cc1. The van der Waals surface area contributed by atoms with Crippen molar-refractivity contribution in [1.29, 1.82) is 0 Å². The van der Waals surface area contributed by atoms with E-state index in [-0.39, 0.29) is 5.92 Å². The van der Waals surface area contributed by atoms with E-state index in [0.717, 1.165) is 73.7 Å². The molecule has 0 N–H and O–H groups in total. The number of hydrogen-bond acceptors (Lipinski definition) is 4. The number of fused-ring (bicyclic) bond motifs is 7. The maximum atomic E-state index is 6.61. The summed E-state index contributed by atoms with van der Waals surface area (Å²) in [5.41, 5.74) is 15.5. The summed E-state index contributed by atoms with van der Waals surface area (Å²) in [6.45, 7) is 0. The van der Waals surface area contributed by atoms with Crippen LogP contribution in [0.4, 0.5) is 0 Å². The van der Waals surface area contributed by atoms with Crippen molar-refractivity contribution in [2.75, 3.05) is 0 Å². The molecule has 0 amide bonds. The lowest BCUT2D eigenvalue weighted by atomic mass is 9.82. The molecule has 11 aromatic rings. The van der Waals surface area contributed by atoms with Gasteiger partial charge in [-0.15, -0.1) is 0 Å². The molecule has 292 valence electrons. The highest BCUT2D eigenvalue weighted by molar-refractivity contribution is 6.06. The molecule has 0 aliphatic heterocycles. The Morgan fingerprint density at radius 1 is 0.355 bits per heavy atom. The number of furan rings is 1. The Hall–Kier alpha value is -7.95. The number of nitrogens with zero attached hydrogens (tertiary/aromatic N) is 3. The van der Waals surface area contributed by atoms with Gasteiger partial charge in [-0.05, 0) is 98.0 Å². The van der Waals surface area contributed by atoms with Gasteiger partial charge in [-0.25, -0.2) is 15.0 Å². The van der Waals surface area contributed by atoms with Gasteiger partial charge in [0.15, 0.2) is 17.5 Å². The Kier molecular flexibility index (Phi) is 8.67. The molecule has 1 atom stereocenters. The third-order valence-electron chi connectivity index (χ3n) is 12.6. The largest absolute Gasteiger partial charge is 0.456 e. The van der Waals surface area contributed by atoms with Crippen molar-refractivity contribution in [3.8, 4) is 67.5 Å². The number of hydrogen-bond donors (Lipinski definition) is 0. The average molecular weight is 794 g/mol. The summed E-state index contributed by atoms with van der Waals surface area (Å²) in [7, 11) is 0. The monoisotopic (exact) mass is 793 g/mol. The molecular formula is C58H39N3O. The minimum Gasteiger partial charge on any atom is -0.456 e. The zero-order valence-corrected chi connectivity index (χ0v) is 33.9. The molecule has 9 aromatic carbocycles. The lowest BCUT2D eigenvalue weighted by Crippen LogP contribution is -2.07. The zero-order valence-electron chi connectivity index (χ0n) is 33.9. The van der Waals surface area contributed by atoms with Gasteiger partial charge < -0.3 is 4.42 Å². The van der Waals surface area contributed by atoms with E-state index in [2.05, 4.69) is 182 Å². The third-order valence-corrected chi connectivity index (χ3v) is 12.6. The molecule has 0 bridgehead atoms. The summed E-state index contributed by atoms with van der Waals surface area (Å²) in [6, 6.07) is 73.3. The van der Waals surface area contributed by atoms with Gasteiger partial charge in [0.1, 0.15) is 11.2 Å². The van der Waals surface area contributed by atoms with Gasteiger partial charge in [0.25, 0.3) is 0 Å². The summed E-state index contributed by atoms with van der Waals surface area (Å²) in [5.74, 6) is 1.90. The third kappa shape index (κ3) is 6.36. The highest BCUT2D eigenvalue weighted by atomic mass is 16.3. The first kappa shape index (κ1) is 35.9. The second kappa shape index (κ2) is 14.9. The van der Waals surface area contributed by atoms with Gasteiger partial charge in [0.2, 0.25) is 0 Å². The molecule has 0 saturated carbocycles. The first-order valence-electron chi connectivity index (χ1n) is 21.3. The van der Waals surface area contributed by atoms with Gasteiger partial charge in [-0.2, -0.15) is 0 Å². The van der Waals surface area contributed by atoms with Crippen molar-refractivity contribution in [3.05, 3.63) is 223 Å². The van der Waals surface area contributed by atoms with Crippen molar-refractivity contribution < 1.29 is 4.42 Å². The van der Waals surface area contributed by atoms with E-state index < -0.39 is 0 Å². The van der Waals surface area contributed by atoms with Crippen molar-refractivity contribution in [2.45, 2.75) is 18.8 Å². The number of aryl methyl sites for hydroxylation is 1. The lowest BCUT2D eigenvalue weighted by molar-refractivity contribution is 0.668. The van der Waals surface area contributed by atoms with Crippen molar-refractivity contribution in [2.24, 2.45) is 0 Å². The van der Waals surface area contributed by atoms with Crippen LogP contribution in [-0.2, 0) is 6.42 Å². The van der Waals surface area contributed by atoms with Crippen LogP contribution in [0.15, 0.2) is 211 Å². The molecule has 4 nitrogen and oxygen atoms in total. The predicted octanol–water partition coefficient (Wildman–Crippen LogP) is 15.0.